The number of hydrogen-bond acceptors (Lipinski definition) is 6. The van der Waals surface area contributed by atoms with Crippen LogP contribution < -0.4 is 10.9 Å². The maximum absolute atomic E-state index is 13.4. The minimum Gasteiger partial charge on any atom is -0.272 e. The van der Waals surface area contributed by atoms with E-state index in [-0.39, 0.29) is 17.3 Å². The van der Waals surface area contributed by atoms with Gasteiger partial charge in [0.05, 0.1) is 11.4 Å². The van der Waals surface area contributed by atoms with E-state index in [0.717, 1.165) is 5.56 Å². The molecule has 1 saturated carbocycles. The van der Waals surface area contributed by atoms with Crippen molar-refractivity contribution in [1.82, 2.24) is 20.8 Å². The van der Waals surface area contributed by atoms with Crippen molar-refractivity contribution in [2.75, 3.05) is 0 Å². The molecule has 150 valence electrons. The van der Waals surface area contributed by atoms with Gasteiger partial charge >= 0.3 is 0 Å². The van der Waals surface area contributed by atoms with Crippen LogP contribution in [0.15, 0.2) is 24.3 Å². The number of hydrazine groups is 1. The van der Waals surface area contributed by atoms with Crippen molar-refractivity contribution >= 4 is 11.8 Å². The lowest BCUT2D eigenvalue weighted by atomic mass is 9.68. The Morgan fingerprint density at radius 2 is 1.70 bits per heavy atom. The highest BCUT2D eigenvalue weighted by atomic mass is 16.2. The van der Waals surface area contributed by atoms with Gasteiger partial charge in [-0.15, -0.1) is 0 Å². The number of aromatic nitrogens is 2. The summed E-state index contributed by atoms with van der Waals surface area (Å²) in [4.78, 5) is 34.6. The van der Waals surface area contributed by atoms with Crippen molar-refractivity contribution < 1.29 is 9.59 Å². The lowest BCUT2D eigenvalue weighted by Gasteiger charge is -2.36. The van der Waals surface area contributed by atoms with E-state index in [0.29, 0.717) is 29.8 Å². The van der Waals surface area contributed by atoms with E-state index < -0.39 is 22.6 Å². The van der Waals surface area contributed by atoms with E-state index in [1.165, 1.54) is 0 Å². The highest BCUT2D eigenvalue weighted by Gasteiger charge is 2.68. The molecule has 0 spiro atoms. The molecular weight excluding hydrogens is 380 g/mol. The molecule has 8 nitrogen and oxygen atoms in total. The summed E-state index contributed by atoms with van der Waals surface area (Å²) in [5, 5.41) is 18.7. The topological polar surface area (TPSA) is 132 Å². The van der Waals surface area contributed by atoms with E-state index in [1.54, 1.807) is 12.1 Å². The predicted molar refractivity (Wildman–Crippen MR) is 106 cm³/mol. The van der Waals surface area contributed by atoms with Crippen LogP contribution >= 0.6 is 0 Å². The summed E-state index contributed by atoms with van der Waals surface area (Å²) in [6.45, 7) is 5.86. The molecule has 2 atom stereocenters. The quantitative estimate of drug-likeness (QED) is 0.743. The van der Waals surface area contributed by atoms with Crippen molar-refractivity contribution in [1.29, 1.82) is 10.5 Å². The van der Waals surface area contributed by atoms with Crippen molar-refractivity contribution in [2.45, 2.75) is 44.9 Å². The Morgan fingerprint density at radius 1 is 1.07 bits per heavy atom. The third-order valence-corrected chi connectivity index (χ3v) is 6.64. The molecule has 2 amide bonds. The number of nitrogens with zero attached hydrogens (tertiary/aromatic N) is 4. The highest BCUT2D eigenvalue weighted by molar-refractivity contribution is 5.97. The fourth-order valence-electron chi connectivity index (χ4n) is 4.92. The Hall–Kier alpha value is -3.78. The van der Waals surface area contributed by atoms with Crippen molar-refractivity contribution in [3.05, 3.63) is 58.2 Å². The fourth-order valence-corrected chi connectivity index (χ4v) is 4.92. The summed E-state index contributed by atoms with van der Waals surface area (Å²) in [6, 6.07) is 10.8. The molecule has 4 rings (SSSR count). The molecule has 1 fully saturated rings. The van der Waals surface area contributed by atoms with Gasteiger partial charge in [0.15, 0.2) is 11.4 Å². The first-order chi connectivity index (χ1) is 14.3. The second-order valence-electron chi connectivity index (χ2n) is 8.37. The van der Waals surface area contributed by atoms with Gasteiger partial charge in [0, 0.05) is 11.5 Å². The van der Waals surface area contributed by atoms with E-state index >= 15 is 0 Å². The molecule has 1 aromatic carbocycles. The summed E-state index contributed by atoms with van der Waals surface area (Å²) in [5.74, 6) is -0.871. The van der Waals surface area contributed by atoms with E-state index in [2.05, 4.69) is 20.8 Å². The first kappa shape index (κ1) is 19.5. The molecule has 8 heteroatoms. The number of carbonyl (C=O) groups is 2. The zero-order valence-corrected chi connectivity index (χ0v) is 16.9. The van der Waals surface area contributed by atoms with Gasteiger partial charge in [-0.1, -0.05) is 31.5 Å². The SMILES string of the molecule is Cc1ccc(C(=O)NNC(=O)C23CCC(c4nc(C#N)c(C#N)nc42)C3(C)C)cc1. The van der Waals surface area contributed by atoms with Gasteiger partial charge in [0.1, 0.15) is 17.6 Å². The van der Waals surface area contributed by atoms with Gasteiger partial charge in [-0.25, -0.2) is 9.97 Å². The van der Waals surface area contributed by atoms with Crippen LogP contribution in [0.5, 0.6) is 0 Å². The van der Waals surface area contributed by atoms with Gasteiger partial charge < -0.3 is 0 Å². The largest absolute Gasteiger partial charge is 0.272 e. The number of benzene rings is 1. The molecule has 2 bridgehead atoms. The molecule has 2 unspecified atom stereocenters. The molecule has 0 saturated heterocycles. The van der Waals surface area contributed by atoms with Crippen molar-refractivity contribution in [2.24, 2.45) is 5.41 Å². The zero-order chi connectivity index (χ0) is 21.7. The monoisotopic (exact) mass is 400 g/mol. The fraction of sp³-hybridized carbons (Fsp3) is 0.364. The Bertz CT molecular complexity index is 1160. The second-order valence-corrected chi connectivity index (χ2v) is 8.37. The van der Waals surface area contributed by atoms with Crippen LogP contribution in [0, 0.1) is 35.0 Å². The second kappa shape index (κ2) is 6.64. The highest BCUT2D eigenvalue weighted by Crippen LogP contribution is 2.66. The minimum absolute atomic E-state index is 0.0252. The number of hydrogen-bond donors (Lipinski definition) is 2. The first-order valence-electron chi connectivity index (χ1n) is 9.66. The van der Waals surface area contributed by atoms with Gasteiger partial charge in [0.25, 0.3) is 11.8 Å². The average Bonchev–Trinajstić information content (AvgIpc) is 3.12. The lowest BCUT2D eigenvalue weighted by molar-refractivity contribution is -0.130. The van der Waals surface area contributed by atoms with Crippen molar-refractivity contribution in [3.8, 4) is 12.1 Å². The summed E-state index contributed by atoms with van der Waals surface area (Å²) in [6.07, 6.45) is 1.24. The minimum atomic E-state index is -1.04. The molecule has 0 radical (unpaired) electrons. The molecule has 2 aliphatic carbocycles. The smallest absolute Gasteiger partial charge is 0.269 e. The van der Waals surface area contributed by atoms with Crippen molar-refractivity contribution in [3.63, 3.8) is 0 Å². The molecular formula is C22H20N6O2. The number of carbonyl (C=O) groups excluding carboxylic acids is 2. The maximum Gasteiger partial charge on any atom is 0.269 e. The standard InChI is InChI=1S/C22H20N6O2/c1-12-4-6-13(7-5-12)19(29)27-28-20(30)22-9-8-14(21(22,2)3)17-18(22)26-16(11-24)15(10-23)25-17/h4-7,14H,8-9H2,1-3H3,(H,27,29)(H,28,30). The summed E-state index contributed by atoms with van der Waals surface area (Å²) >= 11 is 0. The van der Waals surface area contributed by atoms with Gasteiger partial charge in [0.2, 0.25) is 0 Å². The Kier molecular flexibility index (Phi) is 4.32. The Morgan fingerprint density at radius 3 is 2.33 bits per heavy atom. The van der Waals surface area contributed by atoms with Crippen LogP contribution in [0.25, 0.3) is 0 Å². The number of nitrogens with one attached hydrogen (secondary N) is 2. The molecule has 30 heavy (non-hydrogen) atoms. The van der Waals surface area contributed by atoms with Crippen LogP contribution in [0.3, 0.4) is 0 Å². The molecule has 1 heterocycles. The summed E-state index contributed by atoms with van der Waals surface area (Å²) in [5.41, 5.74) is 5.85. The van der Waals surface area contributed by atoms with Crippen LogP contribution in [-0.4, -0.2) is 21.8 Å². The van der Waals surface area contributed by atoms with Crippen LogP contribution in [0.4, 0.5) is 0 Å². The zero-order valence-electron chi connectivity index (χ0n) is 16.9. The van der Waals surface area contributed by atoms with E-state index in [4.69, 9.17) is 0 Å². The predicted octanol–water partition coefficient (Wildman–Crippen LogP) is 2.14. The first-order valence-corrected chi connectivity index (χ1v) is 9.66. The van der Waals surface area contributed by atoms with Gasteiger partial charge in [-0.05, 0) is 37.3 Å². The number of rotatable bonds is 2. The van der Waals surface area contributed by atoms with Crippen LogP contribution in [0.2, 0.25) is 0 Å². The maximum atomic E-state index is 13.4. The lowest BCUT2D eigenvalue weighted by Crippen LogP contribution is -2.55. The van der Waals surface area contributed by atoms with Gasteiger partial charge in [-0.2, -0.15) is 10.5 Å². The third kappa shape index (κ3) is 2.50. The number of amides is 2. The molecule has 2 N–H and O–H groups in total. The number of aryl methyl sites for hydroxylation is 1. The number of fused-ring (bicyclic) bond motifs is 5. The molecule has 2 aromatic rings. The van der Waals surface area contributed by atoms with Gasteiger partial charge in [-0.3, -0.25) is 20.4 Å². The van der Waals surface area contributed by atoms with Crippen LogP contribution in [0.1, 0.15) is 71.3 Å². The Balaban J connectivity index is 1.67. The molecule has 2 aliphatic rings. The van der Waals surface area contributed by atoms with Crippen LogP contribution in [-0.2, 0) is 10.2 Å². The number of nitriles is 2. The molecule has 1 aromatic heterocycles. The normalized spacial score (nSPS) is 22.5. The third-order valence-electron chi connectivity index (χ3n) is 6.64. The van der Waals surface area contributed by atoms with E-state index in [1.807, 2.05) is 45.0 Å². The Labute approximate surface area is 173 Å². The molecule has 0 aliphatic heterocycles. The van der Waals surface area contributed by atoms with E-state index in [9.17, 15) is 20.1 Å². The summed E-state index contributed by atoms with van der Waals surface area (Å²) < 4.78 is 0. The average molecular weight is 400 g/mol. The summed E-state index contributed by atoms with van der Waals surface area (Å²) in [7, 11) is 0.